The minimum absolute atomic E-state index is 0.160. The van der Waals surface area contributed by atoms with Crippen molar-refractivity contribution >= 4 is 17.6 Å². The van der Waals surface area contributed by atoms with Gasteiger partial charge in [-0.2, -0.15) is 0 Å². The van der Waals surface area contributed by atoms with Crippen LogP contribution in [0.1, 0.15) is 50.1 Å². The molecule has 3 N–H and O–H groups in total. The molecular formula is C14H23N3O3. The lowest BCUT2D eigenvalue weighted by Gasteiger charge is -2.12. The summed E-state index contributed by atoms with van der Waals surface area (Å²) >= 11 is 0. The summed E-state index contributed by atoms with van der Waals surface area (Å²) in [6.45, 7) is 6.55. The molecule has 20 heavy (non-hydrogen) atoms. The van der Waals surface area contributed by atoms with Gasteiger partial charge in [0, 0.05) is 25.2 Å². The topological polar surface area (TPSA) is 86.3 Å². The van der Waals surface area contributed by atoms with Gasteiger partial charge in [-0.25, -0.2) is 0 Å². The average Bonchev–Trinajstić information content (AvgIpc) is 2.77. The monoisotopic (exact) mass is 281 g/mol. The van der Waals surface area contributed by atoms with Crippen molar-refractivity contribution in [1.29, 1.82) is 0 Å². The third kappa shape index (κ3) is 4.60. The molecule has 0 aliphatic carbocycles. The van der Waals surface area contributed by atoms with Crippen LogP contribution >= 0.6 is 0 Å². The summed E-state index contributed by atoms with van der Waals surface area (Å²) in [7, 11) is 0. The van der Waals surface area contributed by atoms with Gasteiger partial charge in [0.2, 0.25) is 0 Å². The number of rotatable bonds is 7. The van der Waals surface area contributed by atoms with Gasteiger partial charge in [-0.05, 0) is 33.3 Å². The van der Waals surface area contributed by atoms with Crippen molar-refractivity contribution in [3.63, 3.8) is 0 Å². The number of nitrogens with two attached hydrogens (primary N) is 1. The third-order valence-electron chi connectivity index (χ3n) is 2.81. The molecule has 1 rings (SSSR count). The Kier molecular flexibility index (Phi) is 6.09. The van der Waals surface area contributed by atoms with Crippen LogP contribution in [0, 0.1) is 0 Å². The summed E-state index contributed by atoms with van der Waals surface area (Å²) in [5.41, 5.74) is 6.82. The Morgan fingerprint density at radius 1 is 1.45 bits per heavy atom. The van der Waals surface area contributed by atoms with E-state index in [4.69, 9.17) is 10.5 Å². The molecule has 0 fully saturated rings. The number of hydrogen-bond donors (Lipinski definition) is 2. The first-order valence-corrected chi connectivity index (χ1v) is 6.86. The fourth-order valence-corrected chi connectivity index (χ4v) is 1.87. The van der Waals surface area contributed by atoms with Gasteiger partial charge in [-0.15, -0.1) is 0 Å². The van der Waals surface area contributed by atoms with Crippen LogP contribution in [0.15, 0.2) is 12.3 Å². The van der Waals surface area contributed by atoms with Crippen LogP contribution in [0.2, 0.25) is 0 Å². The van der Waals surface area contributed by atoms with Gasteiger partial charge in [-0.3, -0.25) is 9.59 Å². The molecule has 0 aliphatic rings. The summed E-state index contributed by atoms with van der Waals surface area (Å²) in [4.78, 5) is 23.2. The minimum atomic E-state index is -0.239. The van der Waals surface area contributed by atoms with Crippen molar-refractivity contribution in [1.82, 2.24) is 9.88 Å². The quantitative estimate of drug-likeness (QED) is 0.588. The number of amides is 1. The molecule has 1 amide bonds. The van der Waals surface area contributed by atoms with E-state index >= 15 is 0 Å². The van der Waals surface area contributed by atoms with Gasteiger partial charge < -0.3 is 20.4 Å². The number of anilines is 1. The van der Waals surface area contributed by atoms with Gasteiger partial charge in [0.25, 0.3) is 5.91 Å². The van der Waals surface area contributed by atoms with Gasteiger partial charge in [-0.1, -0.05) is 0 Å². The number of carbonyl (C=O) groups excluding carboxylic acids is 2. The van der Waals surface area contributed by atoms with Gasteiger partial charge in [0.1, 0.15) is 5.69 Å². The molecule has 1 heterocycles. The number of ether oxygens (including phenoxy) is 1. The Labute approximate surface area is 119 Å². The van der Waals surface area contributed by atoms with Crippen LogP contribution < -0.4 is 11.1 Å². The van der Waals surface area contributed by atoms with Crippen LogP contribution in [0.4, 0.5) is 5.69 Å². The molecule has 0 aliphatic heterocycles. The molecular weight excluding hydrogens is 258 g/mol. The predicted octanol–water partition coefficient (Wildman–Crippen LogP) is 1.72. The first-order valence-electron chi connectivity index (χ1n) is 6.86. The highest BCUT2D eigenvalue weighted by molar-refractivity contribution is 5.93. The van der Waals surface area contributed by atoms with E-state index in [2.05, 4.69) is 5.32 Å². The Hall–Kier alpha value is -1.98. The normalized spacial score (nSPS) is 10.6. The molecule has 0 radical (unpaired) electrons. The average molecular weight is 281 g/mol. The summed E-state index contributed by atoms with van der Waals surface area (Å²) in [5, 5.41) is 2.78. The van der Waals surface area contributed by atoms with E-state index in [1.54, 1.807) is 19.2 Å². The molecule has 1 aromatic heterocycles. The third-order valence-corrected chi connectivity index (χ3v) is 2.81. The highest BCUT2D eigenvalue weighted by atomic mass is 16.5. The van der Waals surface area contributed by atoms with Crippen molar-refractivity contribution < 1.29 is 14.3 Å². The second-order valence-electron chi connectivity index (χ2n) is 4.82. The molecule has 1 aromatic rings. The van der Waals surface area contributed by atoms with Crippen LogP contribution in [-0.2, 0) is 9.53 Å². The minimum Gasteiger partial charge on any atom is -0.466 e. The van der Waals surface area contributed by atoms with E-state index in [1.165, 1.54) is 0 Å². The summed E-state index contributed by atoms with van der Waals surface area (Å²) in [6.07, 6.45) is 2.61. The second-order valence-corrected chi connectivity index (χ2v) is 4.82. The van der Waals surface area contributed by atoms with Gasteiger partial charge >= 0.3 is 5.97 Å². The predicted molar refractivity (Wildman–Crippen MR) is 77.4 cm³/mol. The summed E-state index contributed by atoms with van der Waals surface area (Å²) in [5.74, 6) is -0.421. The molecule has 112 valence electrons. The van der Waals surface area contributed by atoms with E-state index in [1.807, 2.05) is 18.4 Å². The zero-order chi connectivity index (χ0) is 15.1. The molecule has 6 nitrogen and oxygen atoms in total. The van der Waals surface area contributed by atoms with Gasteiger partial charge in [0.15, 0.2) is 0 Å². The van der Waals surface area contributed by atoms with Crippen LogP contribution in [0.25, 0.3) is 0 Å². The Balaban J connectivity index is 2.45. The first-order chi connectivity index (χ1) is 9.45. The fraction of sp³-hybridized carbons (Fsp3) is 0.571. The van der Waals surface area contributed by atoms with E-state index in [-0.39, 0.29) is 17.9 Å². The van der Waals surface area contributed by atoms with Crippen molar-refractivity contribution in [2.24, 2.45) is 0 Å². The number of nitrogens with one attached hydrogen (secondary N) is 1. The standard InChI is InChI=1S/C14H23N3O3/c1-4-20-13(18)6-5-7-16-14(19)12-8-11(15)9-17(12)10(2)3/h8-10H,4-7,15H2,1-3H3,(H,16,19). The molecule has 0 saturated heterocycles. The van der Waals surface area contributed by atoms with Crippen molar-refractivity contribution in [3.05, 3.63) is 18.0 Å². The maximum atomic E-state index is 12.0. The number of nitrogens with zero attached hydrogens (tertiary/aromatic N) is 1. The Bertz CT molecular complexity index is 466. The van der Waals surface area contributed by atoms with Crippen molar-refractivity contribution in [3.8, 4) is 0 Å². The Morgan fingerprint density at radius 2 is 2.15 bits per heavy atom. The molecule has 0 atom stereocenters. The molecule has 0 saturated carbocycles. The van der Waals surface area contributed by atoms with Crippen LogP contribution in [0.5, 0.6) is 0 Å². The molecule has 6 heteroatoms. The lowest BCUT2D eigenvalue weighted by atomic mass is 10.3. The first kappa shape index (κ1) is 16.1. The van der Waals surface area contributed by atoms with Crippen molar-refractivity contribution in [2.45, 2.75) is 39.7 Å². The Morgan fingerprint density at radius 3 is 2.75 bits per heavy atom. The SMILES string of the molecule is CCOC(=O)CCCNC(=O)c1cc(N)cn1C(C)C. The number of carbonyl (C=O) groups is 2. The van der Waals surface area contributed by atoms with E-state index < -0.39 is 0 Å². The van der Waals surface area contributed by atoms with Gasteiger partial charge in [0.05, 0.1) is 12.3 Å². The molecule has 0 spiro atoms. The zero-order valence-electron chi connectivity index (χ0n) is 12.3. The number of aromatic nitrogens is 1. The lowest BCUT2D eigenvalue weighted by molar-refractivity contribution is -0.143. The fourth-order valence-electron chi connectivity index (χ4n) is 1.87. The van der Waals surface area contributed by atoms with Crippen LogP contribution in [-0.4, -0.2) is 29.6 Å². The van der Waals surface area contributed by atoms with E-state index in [0.717, 1.165) is 0 Å². The largest absolute Gasteiger partial charge is 0.466 e. The molecule has 0 aromatic carbocycles. The van der Waals surface area contributed by atoms with Crippen molar-refractivity contribution in [2.75, 3.05) is 18.9 Å². The highest BCUT2D eigenvalue weighted by Crippen LogP contribution is 2.16. The number of nitrogen functional groups attached to an aromatic ring is 1. The summed E-state index contributed by atoms with van der Waals surface area (Å²) < 4.78 is 6.64. The number of esters is 1. The smallest absolute Gasteiger partial charge is 0.305 e. The highest BCUT2D eigenvalue weighted by Gasteiger charge is 2.14. The molecule has 0 unspecified atom stereocenters. The van der Waals surface area contributed by atoms with E-state index in [0.29, 0.717) is 37.4 Å². The zero-order valence-corrected chi connectivity index (χ0v) is 12.3. The molecule has 0 bridgehead atoms. The van der Waals surface area contributed by atoms with E-state index in [9.17, 15) is 9.59 Å². The maximum Gasteiger partial charge on any atom is 0.305 e. The maximum absolute atomic E-state index is 12.0. The lowest BCUT2D eigenvalue weighted by Crippen LogP contribution is -2.27. The van der Waals surface area contributed by atoms with Crippen LogP contribution in [0.3, 0.4) is 0 Å². The summed E-state index contributed by atoms with van der Waals surface area (Å²) in [6, 6.07) is 1.81. The number of hydrogen-bond acceptors (Lipinski definition) is 4. The second kappa shape index (κ2) is 7.57.